The molecule has 25 heavy (non-hydrogen) atoms. The number of fused-ring (bicyclic) bond motifs is 1. The first-order chi connectivity index (χ1) is 12.2. The fourth-order valence-corrected chi connectivity index (χ4v) is 3.43. The van der Waals surface area contributed by atoms with E-state index in [2.05, 4.69) is 11.9 Å². The smallest absolute Gasteiger partial charge is 0.306 e. The van der Waals surface area contributed by atoms with Gasteiger partial charge in [-0.25, -0.2) is 4.98 Å². The van der Waals surface area contributed by atoms with Crippen LogP contribution in [0.5, 0.6) is 0 Å². The Morgan fingerprint density at radius 3 is 2.56 bits per heavy atom. The van der Waals surface area contributed by atoms with E-state index in [0.717, 1.165) is 21.6 Å². The van der Waals surface area contributed by atoms with Crippen LogP contribution in [-0.4, -0.2) is 23.3 Å². The van der Waals surface area contributed by atoms with E-state index in [4.69, 9.17) is 4.74 Å². The van der Waals surface area contributed by atoms with Crippen LogP contribution in [0.3, 0.4) is 0 Å². The van der Waals surface area contributed by atoms with Crippen LogP contribution in [0.15, 0.2) is 48.5 Å². The van der Waals surface area contributed by atoms with Gasteiger partial charge in [0.25, 0.3) is 0 Å². The van der Waals surface area contributed by atoms with Gasteiger partial charge in [0, 0.05) is 12.0 Å². The van der Waals surface area contributed by atoms with Gasteiger partial charge < -0.3 is 4.74 Å². The van der Waals surface area contributed by atoms with E-state index in [0.29, 0.717) is 12.0 Å². The van der Waals surface area contributed by atoms with Crippen LogP contribution >= 0.6 is 11.3 Å². The molecule has 0 amide bonds. The molecule has 0 aliphatic rings. The van der Waals surface area contributed by atoms with Gasteiger partial charge in [0.05, 0.1) is 21.6 Å². The molecule has 0 fully saturated rings. The Hall–Kier alpha value is -2.53. The van der Waals surface area contributed by atoms with Gasteiger partial charge in [0.2, 0.25) is 0 Å². The van der Waals surface area contributed by atoms with E-state index in [1.54, 1.807) is 23.5 Å². The lowest BCUT2D eigenvalue weighted by Gasteiger charge is -2.04. The average Bonchev–Trinajstić information content (AvgIpc) is 3.07. The summed E-state index contributed by atoms with van der Waals surface area (Å²) >= 11 is 1.58. The monoisotopic (exact) mass is 353 g/mol. The number of Topliss-reactive ketones (excluding diaryl/α,β-unsaturated/α-hetero) is 1. The first-order valence-electron chi connectivity index (χ1n) is 8.28. The molecule has 3 aromatic rings. The molecule has 2 aromatic carbocycles. The summed E-state index contributed by atoms with van der Waals surface area (Å²) in [4.78, 5) is 28.4. The van der Waals surface area contributed by atoms with Crippen molar-refractivity contribution in [2.45, 2.75) is 26.2 Å². The second-order valence-corrected chi connectivity index (χ2v) is 6.82. The summed E-state index contributed by atoms with van der Waals surface area (Å²) in [7, 11) is 0. The highest BCUT2D eigenvalue weighted by molar-refractivity contribution is 7.18. The van der Waals surface area contributed by atoms with Gasteiger partial charge in [-0.2, -0.15) is 0 Å². The molecule has 0 saturated carbocycles. The van der Waals surface area contributed by atoms with Crippen LogP contribution in [0.25, 0.3) is 10.2 Å². The molecule has 0 spiro atoms. The summed E-state index contributed by atoms with van der Waals surface area (Å²) in [5.41, 5.74) is 2.68. The van der Waals surface area contributed by atoms with Crippen molar-refractivity contribution in [3.8, 4) is 0 Å². The van der Waals surface area contributed by atoms with Crippen molar-refractivity contribution < 1.29 is 14.3 Å². The van der Waals surface area contributed by atoms with Crippen molar-refractivity contribution in [2.24, 2.45) is 0 Å². The maximum atomic E-state index is 12.1. The number of para-hydroxylation sites is 1. The van der Waals surface area contributed by atoms with Crippen LogP contribution in [0.2, 0.25) is 0 Å². The van der Waals surface area contributed by atoms with Gasteiger partial charge in [-0.15, -0.1) is 11.3 Å². The van der Waals surface area contributed by atoms with Crippen LogP contribution in [0.1, 0.15) is 34.3 Å². The van der Waals surface area contributed by atoms with Crippen LogP contribution in [-0.2, 0) is 22.4 Å². The van der Waals surface area contributed by atoms with E-state index in [1.807, 2.05) is 36.4 Å². The van der Waals surface area contributed by atoms with E-state index < -0.39 is 0 Å². The lowest BCUT2D eigenvalue weighted by atomic mass is 10.1. The molecule has 4 nitrogen and oxygen atoms in total. The van der Waals surface area contributed by atoms with Crippen LogP contribution < -0.4 is 0 Å². The number of hydrogen-bond donors (Lipinski definition) is 0. The zero-order valence-electron chi connectivity index (χ0n) is 14.0. The molecule has 0 saturated heterocycles. The zero-order valence-corrected chi connectivity index (χ0v) is 14.8. The number of esters is 1. The molecule has 0 aliphatic heterocycles. The second-order valence-electron chi connectivity index (χ2n) is 5.71. The Labute approximate surface area is 150 Å². The fourth-order valence-electron chi connectivity index (χ4n) is 2.46. The van der Waals surface area contributed by atoms with Gasteiger partial charge in [-0.1, -0.05) is 43.3 Å². The molecule has 0 bridgehead atoms. The van der Waals surface area contributed by atoms with Crippen LogP contribution in [0, 0.1) is 0 Å². The Morgan fingerprint density at radius 2 is 1.84 bits per heavy atom. The first-order valence-corrected chi connectivity index (χ1v) is 9.09. The van der Waals surface area contributed by atoms with Gasteiger partial charge in [0.15, 0.2) is 12.4 Å². The number of nitrogens with zero attached hydrogens (tertiary/aromatic N) is 1. The van der Waals surface area contributed by atoms with Gasteiger partial charge in [-0.05, 0) is 24.1 Å². The van der Waals surface area contributed by atoms with Crippen molar-refractivity contribution in [1.82, 2.24) is 4.98 Å². The number of aryl methyl sites for hydroxylation is 2. The Bertz CT molecular complexity index is 850. The lowest BCUT2D eigenvalue weighted by Crippen LogP contribution is -2.14. The third kappa shape index (κ3) is 4.51. The van der Waals surface area contributed by atoms with Crippen LogP contribution in [0.4, 0.5) is 0 Å². The Balaban J connectivity index is 1.47. The highest BCUT2D eigenvalue weighted by atomic mass is 32.1. The molecular weight excluding hydrogens is 334 g/mol. The third-order valence-corrected chi connectivity index (χ3v) is 5.03. The van der Waals surface area contributed by atoms with Crippen molar-refractivity contribution in [2.75, 3.05) is 6.61 Å². The highest BCUT2D eigenvalue weighted by Gasteiger charge is 2.11. The number of ether oxygens (including phenoxy) is 1. The Morgan fingerprint density at radius 1 is 1.08 bits per heavy atom. The molecule has 0 atom stereocenters. The maximum absolute atomic E-state index is 12.1. The maximum Gasteiger partial charge on any atom is 0.306 e. The van der Waals surface area contributed by atoms with E-state index >= 15 is 0 Å². The van der Waals surface area contributed by atoms with E-state index in [-0.39, 0.29) is 24.8 Å². The largest absolute Gasteiger partial charge is 0.457 e. The minimum atomic E-state index is -0.377. The minimum Gasteiger partial charge on any atom is -0.457 e. The number of benzene rings is 2. The molecular formula is C20H19NO3S. The topological polar surface area (TPSA) is 56.3 Å². The molecule has 3 rings (SSSR count). The summed E-state index contributed by atoms with van der Waals surface area (Å²) in [5.74, 6) is -0.561. The normalized spacial score (nSPS) is 10.8. The predicted octanol–water partition coefficient (Wildman–Crippen LogP) is 4.22. The highest BCUT2D eigenvalue weighted by Crippen LogP contribution is 2.22. The molecule has 0 N–H and O–H groups in total. The molecule has 1 aromatic heterocycles. The molecule has 0 radical (unpaired) electrons. The van der Waals surface area contributed by atoms with Crippen molar-refractivity contribution >= 4 is 33.3 Å². The quantitative estimate of drug-likeness (QED) is 0.471. The first kappa shape index (κ1) is 17.3. The zero-order chi connectivity index (χ0) is 17.6. The third-order valence-electron chi connectivity index (χ3n) is 3.93. The average molecular weight is 353 g/mol. The molecule has 5 heteroatoms. The summed E-state index contributed by atoms with van der Waals surface area (Å²) in [6.45, 7) is 1.84. The number of aromatic nitrogens is 1. The number of ketones is 1. The molecule has 0 aliphatic carbocycles. The lowest BCUT2D eigenvalue weighted by molar-refractivity contribution is -0.142. The summed E-state index contributed by atoms with van der Waals surface area (Å²) < 4.78 is 6.21. The van der Waals surface area contributed by atoms with Crippen molar-refractivity contribution in [3.05, 3.63) is 64.7 Å². The van der Waals surface area contributed by atoms with Crippen molar-refractivity contribution in [3.63, 3.8) is 0 Å². The minimum absolute atomic E-state index is 0.184. The van der Waals surface area contributed by atoms with Gasteiger partial charge in [-0.3, -0.25) is 9.59 Å². The van der Waals surface area contributed by atoms with E-state index in [9.17, 15) is 9.59 Å². The Kier molecular flexibility index (Phi) is 5.56. The second kappa shape index (κ2) is 8.03. The number of thiazole rings is 1. The standard InChI is InChI=1S/C20H19NO3S/c1-2-14-7-9-15(10-8-14)17(22)13-24-20(23)12-11-19-21-16-5-3-4-6-18(16)25-19/h3-10H,2,11-13H2,1H3. The summed E-state index contributed by atoms with van der Waals surface area (Å²) in [6, 6.07) is 15.3. The molecule has 128 valence electrons. The summed E-state index contributed by atoms with van der Waals surface area (Å²) in [5, 5.41) is 0.902. The van der Waals surface area contributed by atoms with E-state index in [1.165, 1.54) is 5.56 Å². The number of hydrogen-bond acceptors (Lipinski definition) is 5. The van der Waals surface area contributed by atoms with Gasteiger partial charge in [0.1, 0.15) is 0 Å². The number of rotatable bonds is 7. The van der Waals surface area contributed by atoms with Crippen molar-refractivity contribution in [1.29, 1.82) is 0 Å². The number of carbonyl (C=O) groups excluding carboxylic acids is 2. The van der Waals surface area contributed by atoms with Gasteiger partial charge >= 0.3 is 5.97 Å². The fraction of sp³-hybridized carbons (Fsp3) is 0.250. The molecule has 0 unspecified atom stereocenters. The summed E-state index contributed by atoms with van der Waals surface area (Å²) in [6.07, 6.45) is 1.68. The number of carbonyl (C=O) groups is 2. The molecule has 1 heterocycles. The predicted molar refractivity (Wildman–Crippen MR) is 99.1 cm³/mol. The SMILES string of the molecule is CCc1ccc(C(=O)COC(=O)CCc2nc3ccccc3s2)cc1.